The van der Waals surface area contributed by atoms with E-state index >= 15 is 0 Å². The number of benzene rings is 2. The molecule has 6 nitrogen and oxygen atoms in total. The van der Waals surface area contributed by atoms with Crippen molar-refractivity contribution in [2.75, 3.05) is 28.4 Å². The van der Waals surface area contributed by atoms with E-state index in [1.165, 1.54) is 7.11 Å². The van der Waals surface area contributed by atoms with Crippen molar-refractivity contribution >= 4 is 5.91 Å². The zero-order valence-electron chi connectivity index (χ0n) is 15.1. The molecule has 0 aliphatic carbocycles. The molecule has 0 spiro atoms. The minimum atomic E-state index is -0.288. The molecule has 1 N–H and O–H groups in total. The predicted molar refractivity (Wildman–Crippen MR) is 95.0 cm³/mol. The van der Waals surface area contributed by atoms with Crippen LogP contribution in [0.4, 0.5) is 0 Å². The van der Waals surface area contributed by atoms with Crippen LogP contribution in [-0.2, 0) is 0 Å². The van der Waals surface area contributed by atoms with Gasteiger partial charge in [-0.25, -0.2) is 0 Å². The number of methoxy groups -OCH3 is 4. The number of hydrogen-bond acceptors (Lipinski definition) is 5. The second-order valence-corrected chi connectivity index (χ2v) is 5.37. The van der Waals surface area contributed by atoms with Gasteiger partial charge in [-0.05, 0) is 37.3 Å². The number of amides is 1. The predicted octanol–water partition coefficient (Wildman–Crippen LogP) is 3.21. The molecule has 25 heavy (non-hydrogen) atoms. The Morgan fingerprint density at radius 3 is 2.04 bits per heavy atom. The lowest BCUT2D eigenvalue weighted by Crippen LogP contribution is -2.27. The van der Waals surface area contributed by atoms with Crippen LogP contribution in [0.15, 0.2) is 36.4 Å². The molecule has 0 aliphatic heterocycles. The first kappa shape index (κ1) is 18.4. The smallest absolute Gasteiger partial charge is 0.255 e. The fraction of sp³-hybridized carbons (Fsp3) is 0.316. The molecule has 0 aromatic heterocycles. The first-order valence-corrected chi connectivity index (χ1v) is 7.78. The van der Waals surface area contributed by atoms with Gasteiger partial charge in [0.2, 0.25) is 0 Å². The van der Waals surface area contributed by atoms with Crippen molar-refractivity contribution in [2.24, 2.45) is 0 Å². The maximum absolute atomic E-state index is 12.7. The lowest BCUT2D eigenvalue weighted by molar-refractivity contribution is 0.0936. The lowest BCUT2D eigenvalue weighted by atomic mass is 10.1. The van der Waals surface area contributed by atoms with Crippen molar-refractivity contribution in [3.8, 4) is 23.0 Å². The highest BCUT2D eigenvalue weighted by Gasteiger charge is 2.19. The summed E-state index contributed by atoms with van der Waals surface area (Å²) in [5, 5.41) is 2.96. The molecular weight excluding hydrogens is 322 g/mol. The summed E-state index contributed by atoms with van der Waals surface area (Å²) in [6, 6.07) is 10.2. The summed E-state index contributed by atoms with van der Waals surface area (Å²) in [5.74, 6) is 2.18. The van der Waals surface area contributed by atoms with Crippen molar-refractivity contribution in [1.29, 1.82) is 0 Å². The van der Waals surface area contributed by atoms with E-state index < -0.39 is 0 Å². The molecule has 0 fully saturated rings. The van der Waals surface area contributed by atoms with Gasteiger partial charge in [0.25, 0.3) is 5.91 Å². The van der Waals surface area contributed by atoms with E-state index in [-0.39, 0.29) is 11.9 Å². The highest BCUT2D eigenvalue weighted by molar-refractivity contribution is 5.97. The minimum Gasteiger partial charge on any atom is -0.497 e. The lowest BCUT2D eigenvalue weighted by Gasteiger charge is -2.19. The van der Waals surface area contributed by atoms with E-state index in [9.17, 15) is 4.79 Å². The Bertz CT molecular complexity index is 745. The van der Waals surface area contributed by atoms with E-state index in [1.54, 1.807) is 39.5 Å². The first-order valence-electron chi connectivity index (χ1n) is 7.78. The van der Waals surface area contributed by atoms with Gasteiger partial charge < -0.3 is 24.3 Å². The molecule has 2 aromatic rings. The second-order valence-electron chi connectivity index (χ2n) is 5.37. The van der Waals surface area contributed by atoms with E-state index in [1.807, 2.05) is 25.1 Å². The van der Waals surface area contributed by atoms with Gasteiger partial charge >= 0.3 is 0 Å². The van der Waals surface area contributed by atoms with Gasteiger partial charge in [-0.15, -0.1) is 0 Å². The van der Waals surface area contributed by atoms with Crippen molar-refractivity contribution in [1.82, 2.24) is 5.32 Å². The average molecular weight is 345 g/mol. The highest BCUT2D eigenvalue weighted by atomic mass is 16.5. The molecule has 2 aromatic carbocycles. The fourth-order valence-electron chi connectivity index (χ4n) is 2.52. The van der Waals surface area contributed by atoms with Crippen molar-refractivity contribution in [2.45, 2.75) is 13.0 Å². The van der Waals surface area contributed by atoms with Crippen LogP contribution >= 0.6 is 0 Å². The summed E-state index contributed by atoms with van der Waals surface area (Å²) in [6.07, 6.45) is 0. The highest BCUT2D eigenvalue weighted by Crippen LogP contribution is 2.30. The number of carbonyl (C=O) groups excluding carboxylic acids is 1. The topological polar surface area (TPSA) is 66.0 Å². The Labute approximate surface area is 147 Å². The number of nitrogens with one attached hydrogen (secondary N) is 1. The maximum atomic E-state index is 12.7. The second kappa shape index (κ2) is 8.28. The van der Waals surface area contributed by atoms with Crippen molar-refractivity contribution in [3.05, 3.63) is 47.5 Å². The van der Waals surface area contributed by atoms with E-state index in [0.717, 1.165) is 5.56 Å². The summed E-state index contributed by atoms with van der Waals surface area (Å²) in [6.45, 7) is 1.88. The van der Waals surface area contributed by atoms with Crippen LogP contribution in [0.25, 0.3) is 0 Å². The zero-order valence-corrected chi connectivity index (χ0v) is 15.1. The van der Waals surface area contributed by atoms with E-state index in [0.29, 0.717) is 28.6 Å². The Morgan fingerprint density at radius 1 is 0.840 bits per heavy atom. The summed E-state index contributed by atoms with van der Waals surface area (Å²) < 4.78 is 21.1. The van der Waals surface area contributed by atoms with Gasteiger partial charge in [0.05, 0.1) is 40.0 Å². The summed E-state index contributed by atoms with van der Waals surface area (Å²) in [4.78, 5) is 12.7. The largest absolute Gasteiger partial charge is 0.497 e. The van der Waals surface area contributed by atoms with Crippen LogP contribution in [0.5, 0.6) is 23.0 Å². The summed E-state index contributed by atoms with van der Waals surface area (Å²) in [5.41, 5.74) is 1.25. The number of rotatable bonds is 7. The molecule has 1 atom stereocenters. The van der Waals surface area contributed by atoms with Crippen LogP contribution in [0.2, 0.25) is 0 Å². The molecular formula is C19H23NO5. The normalized spacial score (nSPS) is 11.4. The Hall–Kier alpha value is -2.89. The quantitative estimate of drug-likeness (QED) is 0.835. The van der Waals surface area contributed by atoms with Gasteiger partial charge in [0.1, 0.15) is 23.0 Å². The molecule has 0 saturated carbocycles. The molecule has 134 valence electrons. The third-order valence-corrected chi connectivity index (χ3v) is 3.90. The number of hydrogen-bond donors (Lipinski definition) is 1. The standard InChI is InChI=1S/C19H23NO5/c1-12(16-10-13(22-2)7-9-17(16)24-4)20-19(21)15-8-6-14(23-3)11-18(15)25-5/h6-12H,1-5H3,(H,20,21). The van der Waals surface area contributed by atoms with Gasteiger partial charge in [-0.1, -0.05) is 0 Å². The molecule has 2 rings (SSSR count). The Balaban J connectivity index is 2.26. The molecule has 0 saturated heterocycles. The van der Waals surface area contributed by atoms with Crippen LogP contribution in [0.1, 0.15) is 28.9 Å². The molecule has 6 heteroatoms. The summed E-state index contributed by atoms with van der Waals surface area (Å²) in [7, 11) is 6.26. The van der Waals surface area contributed by atoms with Crippen molar-refractivity contribution in [3.63, 3.8) is 0 Å². The molecule has 1 amide bonds. The monoisotopic (exact) mass is 345 g/mol. The first-order chi connectivity index (χ1) is 12.0. The van der Waals surface area contributed by atoms with Gasteiger partial charge in [0, 0.05) is 11.6 Å². The van der Waals surface area contributed by atoms with Crippen LogP contribution in [-0.4, -0.2) is 34.3 Å². The van der Waals surface area contributed by atoms with Crippen LogP contribution < -0.4 is 24.3 Å². The number of carbonyl (C=O) groups is 1. The number of ether oxygens (including phenoxy) is 4. The zero-order chi connectivity index (χ0) is 18.4. The Kier molecular flexibility index (Phi) is 6.11. The van der Waals surface area contributed by atoms with Crippen LogP contribution in [0, 0.1) is 0 Å². The third kappa shape index (κ3) is 4.15. The fourth-order valence-corrected chi connectivity index (χ4v) is 2.52. The van der Waals surface area contributed by atoms with E-state index in [4.69, 9.17) is 18.9 Å². The molecule has 0 bridgehead atoms. The maximum Gasteiger partial charge on any atom is 0.255 e. The summed E-state index contributed by atoms with van der Waals surface area (Å²) >= 11 is 0. The molecule has 1 unspecified atom stereocenters. The van der Waals surface area contributed by atoms with Gasteiger partial charge in [0.15, 0.2) is 0 Å². The average Bonchev–Trinajstić information content (AvgIpc) is 2.66. The van der Waals surface area contributed by atoms with Crippen molar-refractivity contribution < 1.29 is 23.7 Å². The van der Waals surface area contributed by atoms with Crippen LogP contribution in [0.3, 0.4) is 0 Å². The third-order valence-electron chi connectivity index (χ3n) is 3.90. The molecule has 0 radical (unpaired) electrons. The molecule has 0 aliphatic rings. The SMILES string of the molecule is COc1ccc(C(=O)NC(C)c2cc(OC)ccc2OC)c(OC)c1. The van der Waals surface area contributed by atoms with E-state index in [2.05, 4.69) is 5.32 Å². The minimum absolute atomic E-state index is 0.253. The van der Waals surface area contributed by atoms with Gasteiger partial charge in [-0.2, -0.15) is 0 Å². The van der Waals surface area contributed by atoms with Gasteiger partial charge in [-0.3, -0.25) is 4.79 Å². The molecule has 0 heterocycles. The Morgan fingerprint density at radius 2 is 1.44 bits per heavy atom.